The largest absolute Gasteiger partial charge is 0.354 e. The number of anilines is 1. The van der Waals surface area contributed by atoms with Crippen LogP contribution < -0.4 is 9.62 Å². The number of nitrogens with zero attached hydrogens (tertiary/aromatic N) is 2. The first kappa shape index (κ1) is 29.5. The molecule has 0 bridgehead atoms. The van der Waals surface area contributed by atoms with E-state index in [2.05, 4.69) is 5.32 Å². The van der Waals surface area contributed by atoms with Crippen LogP contribution >= 0.6 is 23.2 Å². The summed E-state index contributed by atoms with van der Waals surface area (Å²) >= 11 is 12.7. The van der Waals surface area contributed by atoms with Crippen LogP contribution in [0, 0.1) is 6.92 Å². The molecule has 0 aromatic heterocycles. The van der Waals surface area contributed by atoms with Crippen LogP contribution in [0.25, 0.3) is 0 Å². The summed E-state index contributed by atoms with van der Waals surface area (Å²) in [5.41, 5.74) is 1.41. The average Bonchev–Trinajstić information content (AvgIpc) is 2.91. The van der Waals surface area contributed by atoms with Gasteiger partial charge in [0.2, 0.25) is 11.8 Å². The molecule has 0 radical (unpaired) electrons. The number of carbonyl (C=O) groups is 2. The highest BCUT2D eigenvalue weighted by Crippen LogP contribution is 2.31. The van der Waals surface area contributed by atoms with Crippen molar-refractivity contribution in [1.29, 1.82) is 0 Å². The predicted octanol–water partition coefficient (Wildman–Crippen LogP) is 5.44. The molecule has 3 aromatic carbocycles. The topological polar surface area (TPSA) is 86.8 Å². The highest BCUT2D eigenvalue weighted by molar-refractivity contribution is 7.92. The van der Waals surface area contributed by atoms with Crippen LogP contribution in [0.2, 0.25) is 10.0 Å². The van der Waals surface area contributed by atoms with Crippen molar-refractivity contribution in [3.8, 4) is 0 Å². The Morgan fingerprint density at radius 2 is 1.55 bits per heavy atom. The van der Waals surface area contributed by atoms with Gasteiger partial charge in [-0.2, -0.15) is 0 Å². The van der Waals surface area contributed by atoms with Gasteiger partial charge >= 0.3 is 0 Å². The van der Waals surface area contributed by atoms with Crippen molar-refractivity contribution in [3.05, 3.63) is 94.0 Å². The minimum Gasteiger partial charge on any atom is -0.354 e. The molecular formula is C28H31Cl2N3O4S. The van der Waals surface area contributed by atoms with Gasteiger partial charge in [-0.25, -0.2) is 8.42 Å². The Labute approximate surface area is 234 Å². The standard InChI is InChI=1S/C28H31Cl2N3O4S/c1-4-17-31-28(35)21(3)32(18-22-11-8-9-14-25(22)30)27(34)19-33(26-16-10-15-24(29)20(26)2)38(36,37)23-12-6-5-7-13-23/h5-16,21H,4,17-19H2,1-3H3,(H,31,35)/t21-/m1/s1. The monoisotopic (exact) mass is 575 g/mol. The highest BCUT2D eigenvalue weighted by Gasteiger charge is 2.33. The van der Waals surface area contributed by atoms with E-state index in [4.69, 9.17) is 23.2 Å². The van der Waals surface area contributed by atoms with Crippen molar-refractivity contribution in [1.82, 2.24) is 10.2 Å². The second-order valence-corrected chi connectivity index (χ2v) is 11.5. The first-order valence-electron chi connectivity index (χ1n) is 12.2. The van der Waals surface area contributed by atoms with Crippen LogP contribution in [0.15, 0.2) is 77.7 Å². The number of hydrogen-bond acceptors (Lipinski definition) is 4. The fourth-order valence-electron chi connectivity index (χ4n) is 3.89. The van der Waals surface area contributed by atoms with E-state index in [0.717, 1.165) is 10.7 Å². The summed E-state index contributed by atoms with van der Waals surface area (Å²) in [4.78, 5) is 28.2. The molecule has 38 heavy (non-hydrogen) atoms. The fourth-order valence-corrected chi connectivity index (χ4v) is 5.75. The molecule has 7 nitrogen and oxygen atoms in total. The molecule has 0 fully saturated rings. The number of nitrogens with one attached hydrogen (secondary N) is 1. The van der Waals surface area contributed by atoms with Crippen molar-refractivity contribution in [2.75, 3.05) is 17.4 Å². The number of sulfonamides is 1. The van der Waals surface area contributed by atoms with Gasteiger partial charge in [-0.1, -0.05) is 72.6 Å². The quantitative estimate of drug-likeness (QED) is 0.330. The zero-order valence-electron chi connectivity index (χ0n) is 21.5. The van der Waals surface area contributed by atoms with Crippen LogP contribution in [-0.4, -0.2) is 44.3 Å². The number of hydrogen-bond donors (Lipinski definition) is 1. The maximum absolute atomic E-state index is 13.9. The number of halogens is 2. The van der Waals surface area contributed by atoms with Crippen molar-refractivity contribution < 1.29 is 18.0 Å². The van der Waals surface area contributed by atoms with Gasteiger partial charge in [0.1, 0.15) is 12.6 Å². The van der Waals surface area contributed by atoms with Crippen molar-refractivity contribution >= 4 is 50.7 Å². The summed E-state index contributed by atoms with van der Waals surface area (Å²) < 4.78 is 28.7. The Morgan fingerprint density at radius 1 is 0.921 bits per heavy atom. The van der Waals surface area contributed by atoms with Crippen LogP contribution in [0.3, 0.4) is 0 Å². The van der Waals surface area contributed by atoms with Gasteiger partial charge in [-0.15, -0.1) is 0 Å². The molecule has 0 heterocycles. The van der Waals surface area contributed by atoms with Crippen LogP contribution in [0.1, 0.15) is 31.4 Å². The molecule has 3 rings (SSSR count). The lowest BCUT2D eigenvalue weighted by atomic mass is 10.1. The first-order chi connectivity index (χ1) is 18.1. The van der Waals surface area contributed by atoms with E-state index < -0.39 is 28.5 Å². The first-order valence-corrected chi connectivity index (χ1v) is 14.4. The van der Waals surface area contributed by atoms with Gasteiger partial charge in [0.15, 0.2) is 0 Å². The summed E-state index contributed by atoms with van der Waals surface area (Å²) in [6.07, 6.45) is 0.730. The number of rotatable bonds is 11. The maximum atomic E-state index is 13.9. The normalized spacial score (nSPS) is 12.0. The molecule has 0 saturated carbocycles. The minimum absolute atomic E-state index is 0.0208. The van der Waals surface area contributed by atoms with Crippen molar-refractivity contribution in [2.45, 2.75) is 44.7 Å². The molecule has 1 N–H and O–H groups in total. The van der Waals surface area contributed by atoms with Gasteiger partial charge in [-0.3, -0.25) is 13.9 Å². The summed E-state index contributed by atoms with van der Waals surface area (Å²) in [6.45, 7) is 5.16. The third-order valence-corrected chi connectivity index (χ3v) is 8.69. The molecule has 202 valence electrons. The molecule has 0 spiro atoms. The van der Waals surface area contributed by atoms with Crippen LogP contribution in [0.4, 0.5) is 5.69 Å². The van der Waals surface area contributed by atoms with Gasteiger partial charge < -0.3 is 10.2 Å². The SMILES string of the molecule is CCCNC(=O)[C@@H](C)N(Cc1ccccc1Cl)C(=O)CN(c1cccc(Cl)c1C)S(=O)(=O)c1ccccc1. The molecule has 3 aromatic rings. The third-order valence-electron chi connectivity index (χ3n) is 6.13. The third kappa shape index (κ3) is 6.87. The Balaban J connectivity index is 2.06. The predicted molar refractivity (Wildman–Crippen MR) is 152 cm³/mol. The van der Waals surface area contributed by atoms with E-state index in [9.17, 15) is 18.0 Å². The lowest BCUT2D eigenvalue weighted by Crippen LogP contribution is -2.51. The molecule has 10 heteroatoms. The average molecular weight is 577 g/mol. The molecule has 0 saturated heterocycles. The van der Waals surface area contributed by atoms with Gasteiger partial charge in [0.05, 0.1) is 10.6 Å². The molecular weight excluding hydrogens is 545 g/mol. The smallest absolute Gasteiger partial charge is 0.264 e. The lowest BCUT2D eigenvalue weighted by Gasteiger charge is -2.32. The zero-order valence-corrected chi connectivity index (χ0v) is 23.9. The van der Waals surface area contributed by atoms with E-state index in [-0.39, 0.29) is 23.0 Å². The Hall–Kier alpha value is -3.07. The van der Waals surface area contributed by atoms with Crippen molar-refractivity contribution in [2.24, 2.45) is 0 Å². The highest BCUT2D eigenvalue weighted by atomic mass is 35.5. The van der Waals surface area contributed by atoms with E-state index >= 15 is 0 Å². The molecule has 0 aliphatic heterocycles. The second kappa shape index (κ2) is 13.1. The summed E-state index contributed by atoms with van der Waals surface area (Å²) in [6, 6.07) is 18.9. The summed E-state index contributed by atoms with van der Waals surface area (Å²) in [5, 5.41) is 3.61. The number of amides is 2. The molecule has 0 aliphatic rings. The second-order valence-electron chi connectivity index (χ2n) is 8.79. The zero-order chi connectivity index (χ0) is 27.9. The molecule has 2 amide bonds. The van der Waals surface area contributed by atoms with E-state index in [1.165, 1.54) is 17.0 Å². The minimum atomic E-state index is -4.16. The number of benzene rings is 3. The molecule has 1 atom stereocenters. The van der Waals surface area contributed by atoms with Gasteiger partial charge in [0.25, 0.3) is 10.0 Å². The van der Waals surface area contributed by atoms with Crippen LogP contribution in [-0.2, 0) is 26.2 Å². The molecule has 0 aliphatic carbocycles. The molecule has 0 unspecified atom stereocenters. The maximum Gasteiger partial charge on any atom is 0.264 e. The summed E-state index contributed by atoms with van der Waals surface area (Å²) in [5.74, 6) is -0.911. The van der Waals surface area contributed by atoms with Gasteiger partial charge in [-0.05, 0) is 61.7 Å². The Kier molecular flexibility index (Phi) is 10.2. The number of carbonyl (C=O) groups excluding carboxylic acids is 2. The lowest BCUT2D eigenvalue weighted by molar-refractivity contribution is -0.139. The fraction of sp³-hybridized carbons (Fsp3) is 0.286. The van der Waals surface area contributed by atoms with E-state index in [1.807, 2.05) is 6.92 Å². The van der Waals surface area contributed by atoms with Crippen LogP contribution in [0.5, 0.6) is 0 Å². The van der Waals surface area contributed by atoms with E-state index in [1.54, 1.807) is 74.5 Å². The van der Waals surface area contributed by atoms with E-state index in [0.29, 0.717) is 27.7 Å². The summed E-state index contributed by atoms with van der Waals surface area (Å²) in [7, 11) is -4.16. The van der Waals surface area contributed by atoms with Gasteiger partial charge in [0, 0.05) is 23.1 Å². The van der Waals surface area contributed by atoms with Crippen molar-refractivity contribution in [3.63, 3.8) is 0 Å². The Morgan fingerprint density at radius 3 is 2.21 bits per heavy atom. The Bertz CT molecular complexity index is 1380.